The van der Waals surface area contributed by atoms with Crippen LogP contribution in [0.3, 0.4) is 0 Å². The molecule has 0 radical (unpaired) electrons. The van der Waals surface area contributed by atoms with E-state index in [9.17, 15) is 0 Å². The second kappa shape index (κ2) is 5.53. The summed E-state index contributed by atoms with van der Waals surface area (Å²) in [6.07, 6.45) is 1.67. The number of nitrogens with one attached hydrogen (secondary N) is 1. The van der Waals surface area contributed by atoms with Crippen molar-refractivity contribution in [2.75, 3.05) is 11.9 Å². The van der Waals surface area contributed by atoms with Crippen molar-refractivity contribution in [3.8, 4) is 5.88 Å². The first-order valence-electron chi connectivity index (χ1n) is 5.97. The maximum atomic E-state index is 5.55. The molecule has 0 spiro atoms. The van der Waals surface area contributed by atoms with Gasteiger partial charge in [0.15, 0.2) is 0 Å². The molecule has 2 heterocycles. The van der Waals surface area contributed by atoms with Crippen LogP contribution in [-0.4, -0.2) is 16.6 Å². The normalized spacial score (nSPS) is 12.2. The minimum atomic E-state index is 0.00979. The van der Waals surface area contributed by atoms with Crippen LogP contribution in [0.1, 0.15) is 31.4 Å². The molecule has 5 nitrogen and oxygen atoms in total. The Kier molecular flexibility index (Phi) is 3.82. The van der Waals surface area contributed by atoms with Gasteiger partial charge in [-0.3, -0.25) is 0 Å². The van der Waals surface area contributed by atoms with Crippen molar-refractivity contribution in [3.05, 3.63) is 35.9 Å². The molecule has 0 saturated heterocycles. The topological polar surface area (TPSA) is 60.2 Å². The summed E-state index contributed by atoms with van der Waals surface area (Å²) >= 11 is 0. The second-order valence-electron chi connectivity index (χ2n) is 3.97. The Morgan fingerprint density at radius 1 is 1.39 bits per heavy atom. The quantitative estimate of drug-likeness (QED) is 0.880. The Bertz CT molecular complexity index is 510. The van der Waals surface area contributed by atoms with E-state index in [0.717, 1.165) is 11.5 Å². The highest BCUT2D eigenvalue weighted by Gasteiger charge is 2.11. The van der Waals surface area contributed by atoms with E-state index in [0.29, 0.717) is 18.4 Å². The zero-order chi connectivity index (χ0) is 13.0. The van der Waals surface area contributed by atoms with Crippen LogP contribution in [0.2, 0.25) is 0 Å². The molecule has 2 aromatic heterocycles. The Hall–Kier alpha value is -2.04. The van der Waals surface area contributed by atoms with Crippen molar-refractivity contribution in [2.45, 2.75) is 26.8 Å². The molecular weight excluding hydrogens is 230 g/mol. The van der Waals surface area contributed by atoms with Crippen molar-refractivity contribution in [2.24, 2.45) is 0 Å². The fourth-order valence-electron chi connectivity index (χ4n) is 1.59. The number of aryl methyl sites for hydroxylation is 1. The summed E-state index contributed by atoms with van der Waals surface area (Å²) < 4.78 is 10.9. The van der Waals surface area contributed by atoms with Gasteiger partial charge in [-0.2, -0.15) is 4.98 Å². The number of ether oxygens (including phenoxy) is 1. The van der Waals surface area contributed by atoms with Gasteiger partial charge in [0.05, 0.1) is 12.6 Å². The summed E-state index contributed by atoms with van der Waals surface area (Å²) in [5.74, 6) is 2.85. The molecule has 0 saturated carbocycles. The second-order valence-corrected chi connectivity index (χ2v) is 3.97. The first kappa shape index (κ1) is 12.4. The van der Waals surface area contributed by atoms with Crippen molar-refractivity contribution in [1.82, 2.24) is 9.97 Å². The number of nitrogens with zero attached hydrogens (tertiary/aromatic N) is 2. The smallest absolute Gasteiger partial charge is 0.226 e. The minimum absolute atomic E-state index is 0.00979. The molecular formula is C13H17N3O2. The Balaban J connectivity index is 2.06. The number of aromatic nitrogens is 2. The fourth-order valence-corrected chi connectivity index (χ4v) is 1.59. The van der Waals surface area contributed by atoms with E-state index in [1.807, 2.05) is 32.9 Å². The maximum Gasteiger partial charge on any atom is 0.226 e. The Morgan fingerprint density at radius 2 is 2.22 bits per heavy atom. The maximum absolute atomic E-state index is 5.55. The highest BCUT2D eigenvalue weighted by molar-refractivity contribution is 5.30. The fraction of sp³-hybridized carbons (Fsp3) is 0.385. The van der Waals surface area contributed by atoms with Gasteiger partial charge in [0.1, 0.15) is 11.5 Å². The number of hydrogen-bond donors (Lipinski definition) is 1. The molecule has 0 aromatic carbocycles. The number of anilines is 1. The highest BCUT2D eigenvalue weighted by Crippen LogP contribution is 2.19. The molecule has 2 rings (SSSR count). The summed E-state index contributed by atoms with van der Waals surface area (Å²) in [6, 6.07) is 5.62. The van der Waals surface area contributed by atoms with Gasteiger partial charge in [-0.1, -0.05) is 0 Å². The third-order valence-corrected chi connectivity index (χ3v) is 2.46. The van der Waals surface area contributed by atoms with Crippen molar-refractivity contribution in [1.29, 1.82) is 0 Å². The first-order chi connectivity index (χ1) is 8.69. The summed E-state index contributed by atoms with van der Waals surface area (Å²) in [6.45, 7) is 6.42. The number of rotatable bonds is 5. The monoisotopic (exact) mass is 247 g/mol. The van der Waals surface area contributed by atoms with E-state index in [1.165, 1.54) is 0 Å². The predicted octanol–water partition coefficient (Wildman–Crippen LogP) is 2.95. The van der Waals surface area contributed by atoms with Crippen LogP contribution in [0.4, 0.5) is 5.95 Å². The van der Waals surface area contributed by atoms with Crippen LogP contribution >= 0.6 is 0 Å². The van der Waals surface area contributed by atoms with E-state index < -0.39 is 0 Å². The van der Waals surface area contributed by atoms with E-state index in [4.69, 9.17) is 9.15 Å². The zero-order valence-electron chi connectivity index (χ0n) is 10.8. The Morgan fingerprint density at radius 3 is 2.89 bits per heavy atom. The SMILES string of the molecule is CCOc1ccnc(NC(C)c2ccc(C)o2)n1. The first-order valence-corrected chi connectivity index (χ1v) is 5.97. The summed E-state index contributed by atoms with van der Waals surface area (Å²) in [5.41, 5.74) is 0. The third-order valence-electron chi connectivity index (χ3n) is 2.46. The third kappa shape index (κ3) is 3.00. The molecule has 1 atom stereocenters. The number of hydrogen-bond acceptors (Lipinski definition) is 5. The average molecular weight is 247 g/mol. The molecule has 0 aliphatic rings. The molecule has 0 bridgehead atoms. The van der Waals surface area contributed by atoms with Crippen LogP contribution in [0.5, 0.6) is 5.88 Å². The summed E-state index contributed by atoms with van der Waals surface area (Å²) in [5, 5.41) is 3.17. The molecule has 5 heteroatoms. The molecule has 1 unspecified atom stereocenters. The summed E-state index contributed by atoms with van der Waals surface area (Å²) in [7, 11) is 0. The van der Waals surface area contributed by atoms with Gasteiger partial charge in [-0.15, -0.1) is 0 Å². The minimum Gasteiger partial charge on any atom is -0.478 e. The largest absolute Gasteiger partial charge is 0.478 e. The molecule has 0 aliphatic heterocycles. The van der Waals surface area contributed by atoms with Gasteiger partial charge in [-0.25, -0.2) is 4.98 Å². The van der Waals surface area contributed by atoms with Gasteiger partial charge < -0.3 is 14.5 Å². The van der Waals surface area contributed by atoms with Crippen LogP contribution in [0.25, 0.3) is 0 Å². The predicted molar refractivity (Wildman–Crippen MR) is 68.7 cm³/mol. The molecule has 1 N–H and O–H groups in total. The molecule has 0 amide bonds. The zero-order valence-corrected chi connectivity index (χ0v) is 10.8. The molecule has 0 aliphatic carbocycles. The van der Waals surface area contributed by atoms with Gasteiger partial charge in [-0.05, 0) is 32.9 Å². The van der Waals surface area contributed by atoms with Crippen molar-refractivity contribution >= 4 is 5.95 Å². The molecule has 2 aromatic rings. The van der Waals surface area contributed by atoms with Gasteiger partial charge in [0.25, 0.3) is 0 Å². The van der Waals surface area contributed by atoms with Gasteiger partial charge in [0.2, 0.25) is 11.8 Å². The highest BCUT2D eigenvalue weighted by atomic mass is 16.5. The van der Waals surface area contributed by atoms with Crippen LogP contribution in [0.15, 0.2) is 28.8 Å². The lowest BCUT2D eigenvalue weighted by atomic mass is 10.2. The van der Waals surface area contributed by atoms with E-state index in [-0.39, 0.29) is 6.04 Å². The summed E-state index contributed by atoms with van der Waals surface area (Å²) in [4.78, 5) is 8.40. The van der Waals surface area contributed by atoms with E-state index in [2.05, 4.69) is 15.3 Å². The van der Waals surface area contributed by atoms with Crippen LogP contribution < -0.4 is 10.1 Å². The van der Waals surface area contributed by atoms with Crippen molar-refractivity contribution in [3.63, 3.8) is 0 Å². The number of furan rings is 1. The molecule has 96 valence electrons. The van der Waals surface area contributed by atoms with Crippen molar-refractivity contribution < 1.29 is 9.15 Å². The van der Waals surface area contributed by atoms with Crippen LogP contribution in [0, 0.1) is 6.92 Å². The molecule has 18 heavy (non-hydrogen) atoms. The van der Waals surface area contributed by atoms with E-state index in [1.54, 1.807) is 12.3 Å². The molecule has 0 fully saturated rings. The standard InChI is InChI=1S/C13H17N3O2/c1-4-17-12-7-8-14-13(16-12)15-10(3)11-6-5-9(2)18-11/h5-8,10H,4H2,1-3H3,(H,14,15,16). The van der Waals surface area contributed by atoms with Crippen LogP contribution in [-0.2, 0) is 0 Å². The lowest BCUT2D eigenvalue weighted by Crippen LogP contribution is -2.09. The van der Waals surface area contributed by atoms with Gasteiger partial charge in [0, 0.05) is 12.3 Å². The lowest BCUT2D eigenvalue weighted by molar-refractivity contribution is 0.326. The van der Waals surface area contributed by atoms with E-state index >= 15 is 0 Å². The average Bonchev–Trinajstić information content (AvgIpc) is 2.77. The van der Waals surface area contributed by atoms with Gasteiger partial charge >= 0.3 is 0 Å². The lowest BCUT2D eigenvalue weighted by Gasteiger charge is -2.11. The Labute approximate surface area is 106 Å².